The number of esters is 1. The number of nitrogens with one attached hydrogen (secondary N) is 1. The fourth-order valence-electron chi connectivity index (χ4n) is 2.04. The molecule has 0 saturated heterocycles. The van der Waals surface area contributed by atoms with E-state index in [2.05, 4.69) is 5.32 Å². The Morgan fingerprint density at radius 2 is 2.14 bits per heavy atom. The summed E-state index contributed by atoms with van der Waals surface area (Å²) in [5.74, 6) is 1.83. The molecule has 0 unspecified atom stereocenters. The molecule has 0 spiro atoms. The minimum Gasteiger partial charge on any atom is -0.462 e. The van der Waals surface area contributed by atoms with Crippen molar-refractivity contribution in [2.45, 2.75) is 27.2 Å². The van der Waals surface area contributed by atoms with Crippen LogP contribution in [-0.4, -0.2) is 24.3 Å². The van der Waals surface area contributed by atoms with Crippen LogP contribution in [0.4, 0.5) is 5.69 Å². The lowest BCUT2D eigenvalue weighted by Gasteiger charge is -2.11. The highest BCUT2D eigenvalue weighted by Gasteiger charge is 2.29. The van der Waals surface area contributed by atoms with Gasteiger partial charge in [-0.3, -0.25) is 0 Å². The molecule has 0 atom stereocenters. The lowest BCUT2D eigenvalue weighted by Crippen LogP contribution is -2.12. The first-order valence-electron chi connectivity index (χ1n) is 7.19. The number of carbonyl (C=O) groups excluding carboxylic acids is 2. The van der Waals surface area contributed by atoms with E-state index in [1.54, 1.807) is 0 Å². The number of rotatable bonds is 5. The zero-order valence-corrected chi connectivity index (χ0v) is 13.8. The highest BCUT2D eigenvalue weighted by atomic mass is 32.2. The fourth-order valence-corrected chi connectivity index (χ4v) is 3.07. The predicted molar refractivity (Wildman–Crippen MR) is 89.5 cm³/mol. The van der Waals surface area contributed by atoms with Crippen LogP contribution in [-0.2, 0) is 14.3 Å². The molecule has 116 valence electrons. The Balaban J connectivity index is 2.29. The van der Waals surface area contributed by atoms with Gasteiger partial charge in [0.15, 0.2) is 0 Å². The van der Waals surface area contributed by atoms with Gasteiger partial charge in [-0.2, -0.15) is 0 Å². The van der Waals surface area contributed by atoms with E-state index in [1.807, 2.05) is 44.9 Å². The Hall–Kier alpha value is -1.97. The minimum absolute atomic E-state index is 0.312. The summed E-state index contributed by atoms with van der Waals surface area (Å²) in [6, 6.07) is 5.98. The van der Waals surface area contributed by atoms with E-state index in [4.69, 9.17) is 4.74 Å². The Morgan fingerprint density at radius 3 is 2.77 bits per heavy atom. The molecular formula is C17H19NO3S. The second-order valence-corrected chi connectivity index (χ2v) is 6.12. The zero-order chi connectivity index (χ0) is 16.1. The molecule has 0 bridgehead atoms. The first-order valence-corrected chi connectivity index (χ1v) is 8.18. The Kier molecular flexibility index (Phi) is 5.47. The van der Waals surface area contributed by atoms with Crippen LogP contribution in [0.2, 0.25) is 0 Å². The Labute approximate surface area is 134 Å². The average molecular weight is 317 g/mol. The first kappa shape index (κ1) is 16.4. The van der Waals surface area contributed by atoms with Crippen LogP contribution in [0.3, 0.4) is 0 Å². The molecular weight excluding hydrogens is 298 g/mol. The summed E-state index contributed by atoms with van der Waals surface area (Å²) in [6.07, 6.45) is 0.742. The van der Waals surface area contributed by atoms with E-state index >= 15 is 0 Å². The summed E-state index contributed by atoms with van der Waals surface area (Å²) >= 11 is 1.42. The van der Waals surface area contributed by atoms with Gasteiger partial charge in [0, 0.05) is 11.4 Å². The van der Waals surface area contributed by atoms with Gasteiger partial charge in [-0.15, -0.1) is 11.8 Å². The van der Waals surface area contributed by atoms with Gasteiger partial charge in [0.05, 0.1) is 17.2 Å². The molecule has 5 heteroatoms. The second kappa shape index (κ2) is 7.34. The van der Waals surface area contributed by atoms with Crippen molar-refractivity contribution in [2.75, 3.05) is 17.7 Å². The molecule has 22 heavy (non-hydrogen) atoms. The quantitative estimate of drug-likeness (QED) is 0.666. The number of aryl methyl sites for hydroxylation is 2. The van der Waals surface area contributed by atoms with Crippen molar-refractivity contribution in [3.8, 4) is 0 Å². The monoisotopic (exact) mass is 317 g/mol. The third-order valence-electron chi connectivity index (χ3n) is 3.42. The predicted octanol–water partition coefficient (Wildman–Crippen LogP) is 3.38. The van der Waals surface area contributed by atoms with Crippen LogP contribution >= 0.6 is 11.8 Å². The van der Waals surface area contributed by atoms with E-state index in [1.165, 1.54) is 17.3 Å². The van der Waals surface area contributed by atoms with Gasteiger partial charge in [0.1, 0.15) is 11.5 Å². The van der Waals surface area contributed by atoms with Crippen molar-refractivity contribution in [2.24, 2.45) is 0 Å². The van der Waals surface area contributed by atoms with E-state index in [0.717, 1.165) is 17.7 Å². The summed E-state index contributed by atoms with van der Waals surface area (Å²) in [4.78, 5) is 23.2. The number of hydrogen-bond donors (Lipinski definition) is 1. The number of ether oxygens (including phenoxy) is 1. The van der Waals surface area contributed by atoms with Gasteiger partial charge in [0.2, 0.25) is 0 Å². The molecule has 1 heterocycles. The van der Waals surface area contributed by atoms with E-state index in [0.29, 0.717) is 28.5 Å². The summed E-state index contributed by atoms with van der Waals surface area (Å²) in [5, 5.41) is 3.88. The molecule has 0 aliphatic carbocycles. The fraction of sp³-hybridized carbons (Fsp3) is 0.353. The average Bonchev–Trinajstić information content (AvgIpc) is 2.91. The normalized spacial score (nSPS) is 14.0. The van der Waals surface area contributed by atoms with Gasteiger partial charge in [-0.25, -0.2) is 9.59 Å². The van der Waals surface area contributed by atoms with Crippen molar-refractivity contribution in [3.63, 3.8) is 0 Å². The topological polar surface area (TPSA) is 55.4 Å². The SMILES string of the molecule is CCCOC(=O)C1=C(Nc2ccc(C)c(C)c2)SCC1=C=O. The molecule has 1 aliphatic heterocycles. The number of carbonyl (C=O) groups is 1. The number of thioether (sulfide) groups is 1. The molecule has 1 aromatic rings. The molecule has 4 nitrogen and oxygen atoms in total. The van der Waals surface area contributed by atoms with Crippen molar-refractivity contribution >= 4 is 29.4 Å². The molecule has 0 radical (unpaired) electrons. The Morgan fingerprint density at radius 1 is 1.36 bits per heavy atom. The number of benzene rings is 1. The van der Waals surface area contributed by atoms with Crippen LogP contribution < -0.4 is 5.32 Å². The van der Waals surface area contributed by atoms with Gasteiger partial charge in [-0.1, -0.05) is 13.0 Å². The van der Waals surface area contributed by atoms with Crippen molar-refractivity contribution in [1.29, 1.82) is 0 Å². The molecule has 0 fully saturated rings. The minimum atomic E-state index is -0.462. The molecule has 1 aromatic carbocycles. The highest BCUT2D eigenvalue weighted by molar-refractivity contribution is 8.03. The lowest BCUT2D eigenvalue weighted by molar-refractivity contribution is -0.138. The molecule has 0 saturated carbocycles. The van der Waals surface area contributed by atoms with E-state index in [-0.39, 0.29) is 0 Å². The van der Waals surface area contributed by atoms with Crippen molar-refractivity contribution < 1.29 is 14.3 Å². The van der Waals surface area contributed by atoms with Crippen LogP contribution in [0.5, 0.6) is 0 Å². The maximum Gasteiger partial charge on any atom is 0.341 e. The van der Waals surface area contributed by atoms with Crippen LogP contribution in [0.1, 0.15) is 24.5 Å². The van der Waals surface area contributed by atoms with E-state index in [9.17, 15) is 9.59 Å². The largest absolute Gasteiger partial charge is 0.462 e. The number of hydrogen-bond acceptors (Lipinski definition) is 5. The standard InChI is InChI=1S/C17H19NO3S/c1-4-7-21-17(20)15-13(9-19)10-22-16(15)18-14-6-5-11(2)12(3)8-14/h5-6,8,18H,4,7,10H2,1-3H3. The smallest absolute Gasteiger partial charge is 0.341 e. The van der Waals surface area contributed by atoms with Gasteiger partial charge < -0.3 is 10.1 Å². The zero-order valence-electron chi connectivity index (χ0n) is 13.0. The third kappa shape index (κ3) is 3.62. The van der Waals surface area contributed by atoms with Crippen LogP contribution in [0, 0.1) is 13.8 Å². The van der Waals surface area contributed by atoms with Gasteiger partial charge >= 0.3 is 5.97 Å². The van der Waals surface area contributed by atoms with Crippen molar-refractivity contribution in [3.05, 3.63) is 45.5 Å². The molecule has 0 aromatic heterocycles. The highest BCUT2D eigenvalue weighted by Crippen LogP contribution is 2.35. The van der Waals surface area contributed by atoms with Crippen molar-refractivity contribution in [1.82, 2.24) is 0 Å². The summed E-state index contributed by atoms with van der Waals surface area (Å²) < 4.78 is 5.17. The lowest BCUT2D eigenvalue weighted by atomic mass is 10.1. The number of anilines is 1. The Bertz CT molecular complexity index is 672. The first-order chi connectivity index (χ1) is 10.6. The third-order valence-corrected chi connectivity index (χ3v) is 4.45. The van der Waals surface area contributed by atoms with Crippen LogP contribution in [0.15, 0.2) is 34.4 Å². The molecule has 2 rings (SSSR count). The maximum atomic E-state index is 12.2. The molecule has 1 aliphatic rings. The molecule has 0 amide bonds. The van der Waals surface area contributed by atoms with Crippen LogP contribution in [0.25, 0.3) is 0 Å². The summed E-state index contributed by atoms with van der Waals surface area (Å²) in [7, 11) is 0. The molecule has 1 N–H and O–H groups in total. The summed E-state index contributed by atoms with van der Waals surface area (Å²) in [5.41, 5.74) is 3.92. The van der Waals surface area contributed by atoms with Gasteiger partial charge in [-0.05, 0) is 43.5 Å². The maximum absolute atomic E-state index is 12.2. The summed E-state index contributed by atoms with van der Waals surface area (Å²) in [6.45, 7) is 6.35. The second-order valence-electron chi connectivity index (χ2n) is 5.13. The van der Waals surface area contributed by atoms with E-state index < -0.39 is 5.97 Å². The van der Waals surface area contributed by atoms with Gasteiger partial charge in [0.25, 0.3) is 0 Å².